The van der Waals surface area contributed by atoms with Crippen LogP contribution >= 0.6 is 11.6 Å². The van der Waals surface area contributed by atoms with E-state index in [1.807, 2.05) is 18.2 Å². The molecule has 0 aromatic heterocycles. The molecule has 156 valence electrons. The Bertz CT molecular complexity index is 1050. The molecule has 1 aliphatic rings. The summed E-state index contributed by atoms with van der Waals surface area (Å²) in [6, 6.07) is 10.2. The van der Waals surface area contributed by atoms with Crippen LogP contribution in [-0.2, 0) is 23.0 Å². The Morgan fingerprint density at radius 3 is 2.52 bits per heavy atom. The van der Waals surface area contributed by atoms with Gasteiger partial charge >= 0.3 is 0 Å². The molecule has 0 aliphatic carbocycles. The topological polar surface area (TPSA) is 75.7 Å². The zero-order valence-corrected chi connectivity index (χ0v) is 18.5. The number of hydrogen-bond acceptors (Lipinski definition) is 4. The Labute approximate surface area is 176 Å². The highest BCUT2D eigenvalue weighted by molar-refractivity contribution is 7.89. The summed E-state index contributed by atoms with van der Waals surface area (Å²) in [6.45, 7) is 6.23. The summed E-state index contributed by atoms with van der Waals surface area (Å²) < 4.78 is 33.3. The maximum atomic E-state index is 13.1. The Hall–Kier alpha value is -2.09. The molecular weight excluding hydrogens is 412 g/mol. The van der Waals surface area contributed by atoms with Crippen molar-refractivity contribution in [3.63, 3.8) is 0 Å². The van der Waals surface area contributed by atoms with Gasteiger partial charge in [0, 0.05) is 24.2 Å². The number of carbonyl (C=O) groups excluding carboxylic acids is 1. The summed E-state index contributed by atoms with van der Waals surface area (Å²) in [5.41, 5.74) is 1.83. The lowest BCUT2D eigenvalue weighted by molar-refractivity contribution is 0.0734. The Balaban J connectivity index is 1.89. The second kappa shape index (κ2) is 7.97. The molecule has 0 saturated heterocycles. The van der Waals surface area contributed by atoms with Gasteiger partial charge in [0.2, 0.25) is 10.0 Å². The predicted molar refractivity (Wildman–Crippen MR) is 113 cm³/mol. The first kappa shape index (κ1) is 21.6. The molecule has 1 aliphatic heterocycles. The summed E-state index contributed by atoms with van der Waals surface area (Å²) in [4.78, 5) is 14.7. The SMILES string of the molecule is COc1ccc2c(c1)CN(C(=O)c1ccc(Cl)c(S(=O)(=O)NC(C)(C)C)c1)CC2. The van der Waals surface area contributed by atoms with Gasteiger partial charge in [0.05, 0.1) is 12.1 Å². The zero-order chi connectivity index (χ0) is 21.4. The molecular formula is C21H25ClN2O4S. The quantitative estimate of drug-likeness (QED) is 0.794. The summed E-state index contributed by atoms with van der Waals surface area (Å²) in [5.74, 6) is 0.508. The maximum Gasteiger partial charge on any atom is 0.254 e. The van der Waals surface area contributed by atoms with Crippen molar-refractivity contribution in [2.45, 2.75) is 44.2 Å². The van der Waals surface area contributed by atoms with Crippen molar-refractivity contribution >= 4 is 27.5 Å². The van der Waals surface area contributed by atoms with E-state index in [1.165, 1.54) is 17.7 Å². The third-order valence-electron chi connectivity index (χ3n) is 4.62. The van der Waals surface area contributed by atoms with E-state index in [0.717, 1.165) is 17.7 Å². The van der Waals surface area contributed by atoms with Crippen molar-refractivity contribution in [1.82, 2.24) is 9.62 Å². The lowest BCUT2D eigenvalue weighted by Gasteiger charge is -2.29. The molecule has 0 unspecified atom stereocenters. The predicted octanol–water partition coefficient (Wildman–Crippen LogP) is 3.62. The first-order chi connectivity index (χ1) is 13.5. The summed E-state index contributed by atoms with van der Waals surface area (Å²) >= 11 is 6.14. The van der Waals surface area contributed by atoms with E-state index in [4.69, 9.17) is 16.3 Å². The summed E-state index contributed by atoms with van der Waals surface area (Å²) in [7, 11) is -2.26. The maximum absolute atomic E-state index is 13.1. The van der Waals surface area contributed by atoms with Crippen molar-refractivity contribution in [3.05, 3.63) is 58.1 Å². The molecule has 6 nitrogen and oxygen atoms in total. The van der Waals surface area contributed by atoms with Gasteiger partial charge in [-0.1, -0.05) is 17.7 Å². The first-order valence-electron chi connectivity index (χ1n) is 9.29. The average Bonchev–Trinajstić information content (AvgIpc) is 2.64. The van der Waals surface area contributed by atoms with Crippen molar-refractivity contribution in [1.29, 1.82) is 0 Å². The van der Waals surface area contributed by atoms with Crippen LogP contribution in [0.15, 0.2) is 41.3 Å². The largest absolute Gasteiger partial charge is 0.497 e. The van der Waals surface area contributed by atoms with Crippen LogP contribution in [-0.4, -0.2) is 38.4 Å². The summed E-state index contributed by atoms with van der Waals surface area (Å²) in [5, 5.41) is 0.0760. The number of nitrogens with zero attached hydrogens (tertiary/aromatic N) is 1. The molecule has 2 aromatic carbocycles. The monoisotopic (exact) mass is 436 g/mol. The molecule has 0 atom stereocenters. The number of benzene rings is 2. The van der Waals surface area contributed by atoms with Gasteiger partial charge in [0.1, 0.15) is 10.6 Å². The van der Waals surface area contributed by atoms with Crippen LogP contribution < -0.4 is 9.46 Å². The molecule has 0 radical (unpaired) electrons. The summed E-state index contributed by atoms with van der Waals surface area (Å²) in [6.07, 6.45) is 0.732. The number of carbonyl (C=O) groups is 1. The molecule has 0 saturated carbocycles. The molecule has 0 fully saturated rings. The van der Waals surface area contributed by atoms with Crippen LogP contribution in [0.25, 0.3) is 0 Å². The highest BCUT2D eigenvalue weighted by atomic mass is 35.5. The minimum atomic E-state index is -3.86. The van der Waals surface area contributed by atoms with Gasteiger partial charge in [0.25, 0.3) is 5.91 Å². The van der Waals surface area contributed by atoms with Gasteiger partial charge < -0.3 is 9.64 Å². The van der Waals surface area contributed by atoms with E-state index in [0.29, 0.717) is 13.1 Å². The van der Waals surface area contributed by atoms with E-state index in [2.05, 4.69) is 4.72 Å². The molecule has 0 spiro atoms. The van der Waals surface area contributed by atoms with Crippen LogP contribution in [0.1, 0.15) is 42.3 Å². The lowest BCUT2D eigenvalue weighted by atomic mass is 9.99. The van der Waals surface area contributed by atoms with Crippen molar-refractivity contribution in [2.75, 3.05) is 13.7 Å². The molecule has 1 amide bonds. The smallest absolute Gasteiger partial charge is 0.254 e. The number of fused-ring (bicyclic) bond motifs is 1. The van der Waals surface area contributed by atoms with Crippen LogP contribution in [0.2, 0.25) is 5.02 Å². The van der Waals surface area contributed by atoms with Crippen LogP contribution in [0, 0.1) is 0 Å². The van der Waals surface area contributed by atoms with E-state index < -0.39 is 15.6 Å². The highest BCUT2D eigenvalue weighted by Crippen LogP contribution is 2.27. The van der Waals surface area contributed by atoms with Crippen molar-refractivity contribution < 1.29 is 17.9 Å². The van der Waals surface area contributed by atoms with Crippen LogP contribution in [0.4, 0.5) is 0 Å². The van der Waals surface area contributed by atoms with Crippen LogP contribution in [0.3, 0.4) is 0 Å². The second-order valence-corrected chi connectivity index (χ2v) is 10.2. The first-order valence-corrected chi connectivity index (χ1v) is 11.1. The van der Waals surface area contributed by atoms with E-state index in [9.17, 15) is 13.2 Å². The van der Waals surface area contributed by atoms with Gasteiger partial charge in [-0.2, -0.15) is 0 Å². The fourth-order valence-electron chi connectivity index (χ4n) is 3.32. The Kier molecular flexibility index (Phi) is 5.94. The van der Waals surface area contributed by atoms with Gasteiger partial charge in [0.15, 0.2) is 0 Å². The van der Waals surface area contributed by atoms with Gasteiger partial charge in [-0.3, -0.25) is 4.79 Å². The molecule has 3 rings (SSSR count). The fourth-order valence-corrected chi connectivity index (χ4v) is 5.26. The van der Waals surface area contributed by atoms with Crippen LogP contribution in [0.5, 0.6) is 5.75 Å². The number of amides is 1. The Morgan fingerprint density at radius 2 is 1.86 bits per heavy atom. The third-order valence-corrected chi connectivity index (χ3v) is 6.86. The molecule has 1 N–H and O–H groups in total. The Morgan fingerprint density at radius 1 is 1.14 bits per heavy atom. The number of methoxy groups -OCH3 is 1. The van der Waals surface area contributed by atoms with E-state index >= 15 is 0 Å². The molecule has 2 aromatic rings. The minimum Gasteiger partial charge on any atom is -0.497 e. The number of ether oxygens (including phenoxy) is 1. The number of rotatable bonds is 4. The highest BCUT2D eigenvalue weighted by Gasteiger charge is 2.27. The number of hydrogen-bond donors (Lipinski definition) is 1. The molecule has 29 heavy (non-hydrogen) atoms. The molecule has 1 heterocycles. The minimum absolute atomic E-state index is 0.0760. The van der Waals surface area contributed by atoms with E-state index in [1.54, 1.807) is 38.8 Å². The number of nitrogens with one attached hydrogen (secondary N) is 1. The third kappa shape index (κ3) is 4.91. The second-order valence-electron chi connectivity index (χ2n) is 8.11. The fraction of sp³-hybridized carbons (Fsp3) is 0.381. The normalized spacial score (nSPS) is 14.4. The number of halogens is 1. The van der Waals surface area contributed by atoms with Crippen molar-refractivity contribution in [2.24, 2.45) is 0 Å². The van der Waals surface area contributed by atoms with E-state index in [-0.39, 0.29) is 21.4 Å². The van der Waals surface area contributed by atoms with Gasteiger partial charge in [-0.05, 0) is 68.7 Å². The lowest BCUT2D eigenvalue weighted by Crippen LogP contribution is -2.40. The molecule has 0 bridgehead atoms. The van der Waals surface area contributed by atoms with Gasteiger partial charge in [-0.15, -0.1) is 0 Å². The van der Waals surface area contributed by atoms with Gasteiger partial charge in [-0.25, -0.2) is 13.1 Å². The number of sulfonamides is 1. The molecule has 8 heteroatoms. The average molecular weight is 437 g/mol. The standard InChI is InChI=1S/C21H25ClN2O4S/c1-21(2,3)23-29(26,27)19-12-15(6-8-18(19)22)20(25)24-10-9-14-5-7-17(28-4)11-16(14)13-24/h5-8,11-12,23H,9-10,13H2,1-4H3. The van der Waals surface area contributed by atoms with Crippen molar-refractivity contribution in [3.8, 4) is 5.75 Å². The zero-order valence-electron chi connectivity index (χ0n) is 17.0.